The molecule has 0 bridgehead atoms. The number of ether oxygens (including phenoxy) is 2. The number of rotatable bonds is 6. The fourth-order valence-electron chi connectivity index (χ4n) is 3.17. The molecular weight excluding hydrogens is 256 g/mol. The van der Waals surface area contributed by atoms with E-state index >= 15 is 0 Å². The summed E-state index contributed by atoms with van der Waals surface area (Å²) in [5.41, 5.74) is 0.127. The molecule has 0 aromatic heterocycles. The lowest BCUT2D eigenvalue weighted by atomic mass is 9.99. The van der Waals surface area contributed by atoms with Crippen LogP contribution >= 0.6 is 0 Å². The first-order chi connectivity index (χ1) is 9.62. The molecule has 0 unspecified atom stereocenters. The summed E-state index contributed by atoms with van der Waals surface area (Å²) in [4.78, 5) is 4.82. The molecule has 118 valence electrons. The zero-order valence-corrected chi connectivity index (χ0v) is 13.0. The SMILES string of the molecule is CC1(C)CN(CCO[C@@H]2CCCCO2)CCN1CCO. The maximum atomic E-state index is 9.11. The zero-order valence-electron chi connectivity index (χ0n) is 13.0. The minimum Gasteiger partial charge on any atom is -0.395 e. The van der Waals surface area contributed by atoms with Crippen LogP contribution in [0.4, 0.5) is 0 Å². The standard InChI is InChI=1S/C15H30N2O3/c1-15(2)13-16(6-7-17(15)8-10-18)9-12-20-14-5-3-4-11-19-14/h14,18H,3-13H2,1-2H3/t14-/m1/s1. The number of hydrogen-bond donors (Lipinski definition) is 1. The molecular formula is C15H30N2O3. The lowest BCUT2D eigenvalue weighted by molar-refractivity contribution is -0.165. The zero-order chi connectivity index (χ0) is 14.4. The summed E-state index contributed by atoms with van der Waals surface area (Å²) >= 11 is 0. The van der Waals surface area contributed by atoms with Crippen molar-refractivity contribution in [2.45, 2.75) is 44.9 Å². The third kappa shape index (κ3) is 4.67. The van der Waals surface area contributed by atoms with Gasteiger partial charge in [0, 0.05) is 44.9 Å². The van der Waals surface area contributed by atoms with Gasteiger partial charge in [-0.3, -0.25) is 9.80 Å². The fourth-order valence-corrected chi connectivity index (χ4v) is 3.17. The van der Waals surface area contributed by atoms with Gasteiger partial charge in [0.05, 0.1) is 13.2 Å². The maximum absolute atomic E-state index is 9.11. The average molecular weight is 286 g/mol. The molecule has 0 amide bonds. The molecule has 2 fully saturated rings. The van der Waals surface area contributed by atoms with Gasteiger partial charge in [-0.2, -0.15) is 0 Å². The predicted octanol–water partition coefficient (Wildman–Crippen LogP) is 0.918. The van der Waals surface area contributed by atoms with E-state index in [2.05, 4.69) is 23.6 Å². The van der Waals surface area contributed by atoms with Crippen LogP contribution in [0.1, 0.15) is 33.1 Å². The fraction of sp³-hybridized carbons (Fsp3) is 1.00. The summed E-state index contributed by atoms with van der Waals surface area (Å²) in [5, 5.41) is 9.11. The number of aliphatic hydroxyl groups is 1. The van der Waals surface area contributed by atoms with Crippen molar-refractivity contribution in [3.8, 4) is 0 Å². The highest BCUT2D eigenvalue weighted by Crippen LogP contribution is 2.20. The van der Waals surface area contributed by atoms with Gasteiger partial charge >= 0.3 is 0 Å². The van der Waals surface area contributed by atoms with Gasteiger partial charge in [-0.25, -0.2) is 0 Å². The second-order valence-corrected chi connectivity index (χ2v) is 6.47. The average Bonchev–Trinajstić information content (AvgIpc) is 2.43. The van der Waals surface area contributed by atoms with Gasteiger partial charge in [0.15, 0.2) is 6.29 Å². The molecule has 2 aliphatic rings. The molecule has 1 N–H and O–H groups in total. The summed E-state index contributed by atoms with van der Waals surface area (Å²) in [7, 11) is 0. The molecule has 1 atom stereocenters. The van der Waals surface area contributed by atoms with E-state index in [-0.39, 0.29) is 18.4 Å². The number of hydrogen-bond acceptors (Lipinski definition) is 5. The molecule has 2 saturated heterocycles. The molecule has 2 heterocycles. The second-order valence-electron chi connectivity index (χ2n) is 6.47. The Labute approximate surface area is 122 Å². The largest absolute Gasteiger partial charge is 0.395 e. The van der Waals surface area contributed by atoms with Crippen molar-refractivity contribution in [1.29, 1.82) is 0 Å². The maximum Gasteiger partial charge on any atom is 0.157 e. The van der Waals surface area contributed by atoms with Crippen LogP contribution in [0.15, 0.2) is 0 Å². The Morgan fingerprint density at radius 3 is 2.75 bits per heavy atom. The van der Waals surface area contributed by atoms with E-state index < -0.39 is 0 Å². The van der Waals surface area contributed by atoms with E-state index in [1.165, 1.54) is 12.8 Å². The first kappa shape index (κ1) is 16.2. The molecule has 2 rings (SSSR count). The third-order valence-electron chi connectivity index (χ3n) is 4.37. The summed E-state index contributed by atoms with van der Waals surface area (Å²) < 4.78 is 11.4. The molecule has 20 heavy (non-hydrogen) atoms. The van der Waals surface area contributed by atoms with Gasteiger partial charge in [0.25, 0.3) is 0 Å². The van der Waals surface area contributed by atoms with Crippen molar-refractivity contribution in [3.05, 3.63) is 0 Å². The quantitative estimate of drug-likeness (QED) is 0.786. The van der Waals surface area contributed by atoms with Gasteiger partial charge < -0.3 is 14.6 Å². The van der Waals surface area contributed by atoms with Gasteiger partial charge in [-0.15, -0.1) is 0 Å². The molecule has 0 aromatic carbocycles. The molecule has 5 heteroatoms. The van der Waals surface area contributed by atoms with Crippen molar-refractivity contribution in [3.63, 3.8) is 0 Å². The Morgan fingerprint density at radius 2 is 2.10 bits per heavy atom. The molecule has 0 saturated carbocycles. The summed E-state index contributed by atoms with van der Waals surface area (Å²) in [5.74, 6) is 0. The number of aliphatic hydroxyl groups excluding tert-OH is 1. The summed E-state index contributed by atoms with van der Waals surface area (Å²) in [6, 6.07) is 0. The minimum atomic E-state index is 0.0208. The first-order valence-corrected chi connectivity index (χ1v) is 7.93. The van der Waals surface area contributed by atoms with Crippen LogP contribution in [0.2, 0.25) is 0 Å². The van der Waals surface area contributed by atoms with Crippen molar-refractivity contribution < 1.29 is 14.6 Å². The number of nitrogens with zero attached hydrogens (tertiary/aromatic N) is 2. The van der Waals surface area contributed by atoms with Crippen molar-refractivity contribution in [2.24, 2.45) is 0 Å². The number of β-amino-alcohol motifs (C(OH)–C–C–N with tert-alkyl or cyclic N) is 1. The molecule has 2 aliphatic heterocycles. The normalized spacial score (nSPS) is 28.6. The number of piperazine rings is 1. The van der Waals surface area contributed by atoms with E-state index in [1.54, 1.807) is 0 Å². The highest BCUT2D eigenvalue weighted by atomic mass is 16.7. The van der Waals surface area contributed by atoms with Crippen LogP contribution < -0.4 is 0 Å². The molecule has 0 spiro atoms. The van der Waals surface area contributed by atoms with Crippen LogP contribution in [0, 0.1) is 0 Å². The van der Waals surface area contributed by atoms with Crippen molar-refractivity contribution in [2.75, 3.05) is 52.5 Å². The highest BCUT2D eigenvalue weighted by molar-refractivity contribution is 4.89. The van der Waals surface area contributed by atoms with Gasteiger partial charge in [-0.1, -0.05) is 0 Å². The van der Waals surface area contributed by atoms with Gasteiger partial charge in [-0.05, 0) is 33.1 Å². The van der Waals surface area contributed by atoms with Crippen molar-refractivity contribution in [1.82, 2.24) is 9.80 Å². The predicted molar refractivity (Wildman–Crippen MR) is 78.7 cm³/mol. The van der Waals surface area contributed by atoms with Crippen LogP contribution in [-0.2, 0) is 9.47 Å². The van der Waals surface area contributed by atoms with Crippen molar-refractivity contribution >= 4 is 0 Å². The Hall–Kier alpha value is -0.200. The Kier molecular flexibility index (Phi) is 6.23. The summed E-state index contributed by atoms with van der Waals surface area (Å²) in [6.07, 6.45) is 3.45. The molecule has 5 nitrogen and oxygen atoms in total. The topological polar surface area (TPSA) is 45.2 Å². The third-order valence-corrected chi connectivity index (χ3v) is 4.37. The lowest BCUT2D eigenvalue weighted by Gasteiger charge is -2.47. The van der Waals surface area contributed by atoms with Crippen LogP contribution in [-0.4, -0.2) is 79.3 Å². The van der Waals surface area contributed by atoms with E-state index in [4.69, 9.17) is 14.6 Å². The smallest absolute Gasteiger partial charge is 0.157 e. The Balaban J connectivity index is 1.66. The first-order valence-electron chi connectivity index (χ1n) is 7.93. The molecule has 0 aliphatic carbocycles. The summed E-state index contributed by atoms with van der Waals surface area (Å²) in [6.45, 7) is 11.2. The van der Waals surface area contributed by atoms with Gasteiger partial charge in [0.2, 0.25) is 0 Å². The van der Waals surface area contributed by atoms with Crippen LogP contribution in [0.5, 0.6) is 0 Å². The minimum absolute atomic E-state index is 0.0208. The van der Waals surface area contributed by atoms with Crippen LogP contribution in [0.25, 0.3) is 0 Å². The Bertz CT molecular complexity index is 280. The Morgan fingerprint density at radius 1 is 1.25 bits per heavy atom. The molecule has 0 aromatic rings. The lowest BCUT2D eigenvalue weighted by Crippen LogP contribution is -2.60. The monoisotopic (exact) mass is 286 g/mol. The van der Waals surface area contributed by atoms with E-state index in [1.807, 2.05) is 0 Å². The second kappa shape index (κ2) is 7.71. The van der Waals surface area contributed by atoms with Gasteiger partial charge in [0.1, 0.15) is 0 Å². The van der Waals surface area contributed by atoms with E-state index in [0.29, 0.717) is 0 Å². The van der Waals surface area contributed by atoms with Crippen LogP contribution in [0.3, 0.4) is 0 Å². The molecule has 0 radical (unpaired) electrons. The van der Waals surface area contributed by atoms with E-state index in [9.17, 15) is 0 Å². The van der Waals surface area contributed by atoms with E-state index in [0.717, 1.165) is 52.4 Å². The highest BCUT2D eigenvalue weighted by Gasteiger charge is 2.32.